The number of nitrogens with zero attached hydrogens (tertiary/aromatic N) is 5. The van der Waals surface area contributed by atoms with Crippen molar-refractivity contribution < 1.29 is 0 Å². The third-order valence-electron chi connectivity index (χ3n) is 1.50. The number of aromatic nitrogens is 4. The van der Waals surface area contributed by atoms with Crippen molar-refractivity contribution in [2.24, 2.45) is 5.92 Å². The molecule has 1 heterocycles. The van der Waals surface area contributed by atoms with Crippen LogP contribution in [0.2, 0.25) is 0 Å². The molecule has 0 bridgehead atoms. The number of rotatable bonds is 4. The SMILES string of the molecule is CC(C)Cn1nnnc1SC(C)C#N. The van der Waals surface area contributed by atoms with Gasteiger partial charge in [-0.3, -0.25) is 0 Å². The summed E-state index contributed by atoms with van der Waals surface area (Å²) in [7, 11) is 0. The van der Waals surface area contributed by atoms with Crippen LogP contribution in [0.4, 0.5) is 0 Å². The molecule has 0 aliphatic carbocycles. The van der Waals surface area contributed by atoms with Crippen LogP contribution in [0.5, 0.6) is 0 Å². The van der Waals surface area contributed by atoms with Crippen LogP contribution in [-0.4, -0.2) is 25.5 Å². The molecular weight excluding hydrogens is 198 g/mol. The van der Waals surface area contributed by atoms with E-state index in [1.165, 1.54) is 11.8 Å². The summed E-state index contributed by atoms with van der Waals surface area (Å²) < 4.78 is 1.74. The number of hydrogen-bond donors (Lipinski definition) is 0. The summed E-state index contributed by atoms with van der Waals surface area (Å²) in [6.07, 6.45) is 0. The minimum atomic E-state index is -0.119. The van der Waals surface area contributed by atoms with E-state index in [0.717, 1.165) is 6.54 Å². The van der Waals surface area contributed by atoms with Gasteiger partial charge in [-0.25, -0.2) is 4.68 Å². The number of nitriles is 1. The molecule has 0 N–H and O–H groups in total. The maximum absolute atomic E-state index is 8.66. The van der Waals surface area contributed by atoms with Crippen LogP contribution in [0.25, 0.3) is 0 Å². The normalized spacial score (nSPS) is 12.8. The predicted octanol–water partition coefficient (Wildman–Crippen LogP) is 1.33. The van der Waals surface area contributed by atoms with Gasteiger partial charge in [0.05, 0.1) is 11.3 Å². The molecular formula is C8H13N5S. The van der Waals surface area contributed by atoms with Crippen LogP contribution in [0.3, 0.4) is 0 Å². The zero-order chi connectivity index (χ0) is 10.6. The summed E-state index contributed by atoms with van der Waals surface area (Å²) >= 11 is 1.38. The second-order valence-electron chi connectivity index (χ2n) is 3.43. The lowest BCUT2D eigenvalue weighted by Gasteiger charge is -2.06. The Bertz CT molecular complexity index is 327. The molecule has 1 unspecified atom stereocenters. The van der Waals surface area contributed by atoms with Crippen molar-refractivity contribution >= 4 is 11.8 Å². The highest BCUT2D eigenvalue weighted by atomic mass is 32.2. The van der Waals surface area contributed by atoms with Crippen LogP contribution >= 0.6 is 11.8 Å². The van der Waals surface area contributed by atoms with Gasteiger partial charge in [-0.1, -0.05) is 25.6 Å². The van der Waals surface area contributed by atoms with Gasteiger partial charge in [0.15, 0.2) is 0 Å². The van der Waals surface area contributed by atoms with E-state index in [2.05, 4.69) is 35.4 Å². The topological polar surface area (TPSA) is 67.4 Å². The molecule has 0 aromatic carbocycles. The highest BCUT2D eigenvalue weighted by molar-refractivity contribution is 8.00. The van der Waals surface area contributed by atoms with Gasteiger partial charge >= 0.3 is 0 Å². The molecule has 5 nitrogen and oxygen atoms in total. The minimum Gasteiger partial charge on any atom is -0.220 e. The van der Waals surface area contributed by atoms with E-state index in [1.54, 1.807) is 4.68 Å². The molecule has 0 spiro atoms. The fourth-order valence-electron chi connectivity index (χ4n) is 0.926. The lowest BCUT2D eigenvalue weighted by atomic mass is 10.2. The molecule has 1 aromatic rings. The largest absolute Gasteiger partial charge is 0.220 e. The molecule has 0 aliphatic rings. The molecule has 0 saturated heterocycles. The average molecular weight is 211 g/mol. The Morgan fingerprint density at radius 2 is 2.21 bits per heavy atom. The first-order chi connectivity index (χ1) is 6.63. The van der Waals surface area contributed by atoms with E-state index in [9.17, 15) is 0 Å². The maximum atomic E-state index is 8.66. The number of hydrogen-bond acceptors (Lipinski definition) is 5. The fourth-order valence-corrected chi connectivity index (χ4v) is 1.61. The Kier molecular flexibility index (Phi) is 3.89. The molecule has 0 amide bonds. The zero-order valence-corrected chi connectivity index (χ0v) is 9.32. The molecule has 0 saturated carbocycles. The Morgan fingerprint density at radius 3 is 2.79 bits per heavy atom. The molecule has 14 heavy (non-hydrogen) atoms. The third-order valence-corrected chi connectivity index (χ3v) is 2.46. The molecule has 6 heteroatoms. The van der Waals surface area contributed by atoms with Crippen molar-refractivity contribution in [1.82, 2.24) is 20.2 Å². The summed E-state index contributed by atoms with van der Waals surface area (Å²) in [4.78, 5) is 0. The second-order valence-corrected chi connectivity index (χ2v) is 4.73. The molecule has 76 valence electrons. The van der Waals surface area contributed by atoms with Crippen molar-refractivity contribution in [2.45, 2.75) is 37.7 Å². The molecule has 0 radical (unpaired) electrons. The van der Waals surface area contributed by atoms with E-state index in [1.807, 2.05) is 6.92 Å². The molecule has 0 aliphatic heterocycles. The van der Waals surface area contributed by atoms with Crippen molar-refractivity contribution in [3.8, 4) is 6.07 Å². The first-order valence-electron chi connectivity index (χ1n) is 4.46. The Labute approximate surface area is 87.5 Å². The monoisotopic (exact) mass is 211 g/mol. The number of thioether (sulfide) groups is 1. The van der Waals surface area contributed by atoms with Gasteiger partial charge in [0.1, 0.15) is 0 Å². The van der Waals surface area contributed by atoms with Gasteiger partial charge in [0.2, 0.25) is 5.16 Å². The lowest BCUT2D eigenvalue weighted by molar-refractivity contribution is 0.445. The third kappa shape index (κ3) is 3.00. The van der Waals surface area contributed by atoms with Gasteiger partial charge in [0.25, 0.3) is 0 Å². The van der Waals surface area contributed by atoms with E-state index in [4.69, 9.17) is 5.26 Å². The number of tetrazole rings is 1. The molecule has 1 rings (SSSR count). The quantitative estimate of drug-likeness (QED) is 0.703. The van der Waals surface area contributed by atoms with Gasteiger partial charge in [-0.2, -0.15) is 5.26 Å². The highest BCUT2D eigenvalue weighted by Gasteiger charge is 2.11. The first kappa shape index (κ1) is 11.0. The summed E-state index contributed by atoms with van der Waals surface area (Å²) in [6.45, 7) is 6.82. The Morgan fingerprint density at radius 1 is 1.50 bits per heavy atom. The van der Waals surface area contributed by atoms with Crippen LogP contribution < -0.4 is 0 Å². The summed E-state index contributed by atoms with van der Waals surface area (Å²) in [6, 6.07) is 2.14. The van der Waals surface area contributed by atoms with Crippen molar-refractivity contribution in [3.63, 3.8) is 0 Å². The smallest absolute Gasteiger partial charge is 0.210 e. The molecule has 0 fully saturated rings. The summed E-state index contributed by atoms with van der Waals surface area (Å²) in [5.74, 6) is 0.496. The maximum Gasteiger partial charge on any atom is 0.210 e. The zero-order valence-electron chi connectivity index (χ0n) is 8.51. The highest BCUT2D eigenvalue weighted by Crippen LogP contribution is 2.19. The second kappa shape index (κ2) is 4.96. The van der Waals surface area contributed by atoms with E-state index in [-0.39, 0.29) is 5.25 Å². The minimum absolute atomic E-state index is 0.119. The van der Waals surface area contributed by atoms with Gasteiger partial charge in [-0.05, 0) is 23.3 Å². The fraction of sp³-hybridized carbons (Fsp3) is 0.750. The first-order valence-corrected chi connectivity index (χ1v) is 5.34. The van der Waals surface area contributed by atoms with Gasteiger partial charge in [0, 0.05) is 6.54 Å². The standard InChI is InChI=1S/C8H13N5S/c1-6(2)5-13-8(10-11-12-13)14-7(3)4-9/h6-7H,5H2,1-3H3. The predicted molar refractivity (Wildman–Crippen MR) is 53.6 cm³/mol. The van der Waals surface area contributed by atoms with E-state index in [0.29, 0.717) is 11.1 Å². The average Bonchev–Trinajstić information content (AvgIpc) is 2.52. The lowest BCUT2D eigenvalue weighted by Crippen LogP contribution is -2.08. The van der Waals surface area contributed by atoms with Crippen LogP contribution in [0, 0.1) is 17.2 Å². The van der Waals surface area contributed by atoms with Crippen LogP contribution in [-0.2, 0) is 6.54 Å². The molecule has 1 aromatic heterocycles. The van der Waals surface area contributed by atoms with Crippen LogP contribution in [0.15, 0.2) is 5.16 Å². The summed E-state index contributed by atoms with van der Waals surface area (Å²) in [5, 5.41) is 20.6. The Hall–Kier alpha value is -1.09. The molecule has 1 atom stereocenters. The van der Waals surface area contributed by atoms with Crippen molar-refractivity contribution in [3.05, 3.63) is 0 Å². The Balaban J connectivity index is 2.68. The summed E-state index contributed by atoms with van der Waals surface area (Å²) in [5.41, 5.74) is 0. The van der Waals surface area contributed by atoms with Gasteiger partial charge in [-0.15, -0.1) is 5.10 Å². The van der Waals surface area contributed by atoms with Crippen molar-refractivity contribution in [2.75, 3.05) is 0 Å². The van der Waals surface area contributed by atoms with Crippen molar-refractivity contribution in [1.29, 1.82) is 5.26 Å². The van der Waals surface area contributed by atoms with E-state index < -0.39 is 0 Å². The van der Waals surface area contributed by atoms with Crippen LogP contribution in [0.1, 0.15) is 20.8 Å². The van der Waals surface area contributed by atoms with E-state index >= 15 is 0 Å². The van der Waals surface area contributed by atoms with Gasteiger partial charge < -0.3 is 0 Å².